The summed E-state index contributed by atoms with van der Waals surface area (Å²) in [6.07, 6.45) is 1.91. The topological polar surface area (TPSA) is 34.1 Å². The lowest BCUT2D eigenvalue weighted by Gasteiger charge is -2.25. The Labute approximate surface area is 91.9 Å². The van der Waals surface area contributed by atoms with Gasteiger partial charge in [0, 0.05) is 31.1 Å². The predicted octanol–water partition coefficient (Wildman–Crippen LogP) is 1.90. The van der Waals surface area contributed by atoms with Gasteiger partial charge >= 0.3 is 0 Å². The number of ether oxygens (including phenoxy) is 1. The maximum Gasteiger partial charge on any atom is 0.0639 e. The number of nitrogens with one attached hydrogen (secondary N) is 1. The van der Waals surface area contributed by atoms with E-state index in [1.807, 2.05) is 19.2 Å². The van der Waals surface area contributed by atoms with Crippen LogP contribution in [0.4, 0.5) is 0 Å². The first kappa shape index (κ1) is 12.1. The normalized spacial score (nSPS) is 11.7. The lowest BCUT2D eigenvalue weighted by molar-refractivity contribution is 0.127. The number of aromatic nitrogens is 1. The molecule has 1 rings (SSSR count). The van der Waals surface area contributed by atoms with Crippen molar-refractivity contribution >= 4 is 0 Å². The highest BCUT2D eigenvalue weighted by atomic mass is 16.5. The zero-order valence-corrected chi connectivity index (χ0v) is 10.0. The molecule has 0 aromatic carbocycles. The third-order valence-electron chi connectivity index (χ3n) is 2.25. The number of pyridine rings is 1. The van der Waals surface area contributed by atoms with E-state index in [1.165, 1.54) is 5.56 Å². The first-order valence-electron chi connectivity index (χ1n) is 5.19. The molecule has 1 aromatic rings. The van der Waals surface area contributed by atoms with Gasteiger partial charge in [-0.05, 0) is 32.4 Å². The van der Waals surface area contributed by atoms with Crippen LogP contribution in [-0.4, -0.2) is 24.2 Å². The highest BCUT2D eigenvalue weighted by Gasteiger charge is 2.15. The van der Waals surface area contributed by atoms with Crippen LogP contribution in [0.25, 0.3) is 0 Å². The second kappa shape index (κ2) is 5.24. The molecule has 0 bridgehead atoms. The van der Waals surface area contributed by atoms with Crippen LogP contribution >= 0.6 is 0 Å². The monoisotopic (exact) mass is 208 g/mol. The molecule has 0 aliphatic heterocycles. The molecule has 0 amide bonds. The maximum absolute atomic E-state index is 5.14. The first-order chi connectivity index (χ1) is 7.03. The Morgan fingerprint density at radius 2 is 2.13 bits per heavy atom. The van der Waals surface area contributed by atoms with E-state index in [9.17, 15) is 0 Å². The van der Waals surface area contributed by atoms with Gasteiger partial charge in [0.1, 0.15) is 0 Å². The quantitative estimate of drug-likeness (QED) is 0.802. The Kier molecular flexibility index (Phi) is 4.24. The molecule has 1 heterocycles. The average Bonchev–Trinajstić information content (AvgIpc) is 2.17. The summed E-state index contributed by atoms with van der Waals surface area (Å²) in [7, 11) is 1.72. The average molecular weight is 208 g/mol. The number of aryl methyl sites for hydroxylation is 1. The molecule has 0 saturated heterocycles. The number of hydrogen-bond donors (Lipinski definition) is 1. The van der Waals surface area contributed by atoms with Crippen LogP contribution in [0.1, 0.15) is 25.1 Å². The van der Waals surface area contributed by atoms with E-state index in [0.29, 0.717) is 6.61 Å². The summed E-state index contributed by atoms with van der Waals surface area (Å²) in [5.74, 6) is 0. The van der Waals surface area contributed by atoms with Crippen LogP contribution in [0.15, 0.2) is 18.3 Å². The molecular formula is C12H20N2O. The molecule has 0 spiro atoms. The van der Waals surface area contributed by atoms with Gasteiger partial charge in [-0.15, -0.1) is 0 Å². The van der Waals surface area contributed by atoms with Crippen LogP contribution in [0.2, 0.25) is 0 Å². The Hall–Kier alpha value is -0.930. The van der Waals surface area contributed by atoms with E-state index >= 15 is 0 Å². The van der Waals surface area contributed by atoms with Gasteiger partial charge in [0.15, 0.2) is 0 Å². The molecule has 3 heteroatoms. The largest absolute Gasteiger partial charge is 0.383 e. The van der Waals surface area contributed by atoms with Crippen LogP contribution in [0.5, 0.6) is 0 Å². The molecule has 0 atom stereocenters. The Morgan fingerprint density at radius 3 is 2.67 bits per heavy atom. The summed E-state index contributed by atoms with van der Waals surface area (Å²) >= 11 is 0. The van der Waals surface area contributed by atoms with E-state index in [0.717, 1.165) is 12.2 Å². The van der Waals surface area contributed by atoms with E-state index in [-0.39, 0.29) is 5.54 Å². The molecule has 3 nitrogen and oxygen atoms in total. The molecule has 0 aliphatic carbocycles. The summed E-state index contributed by atoms with van der Waals surface area (Å²) in [5.41, 5.74) is 2.25. The number of rotatable bonds is 5. The van der Waals surface area contributed by atoms with Crippen LogP contribution in [0, 0.1) is 6.92 Å². The Balaban J connectivity index is 2.46. The van der Waals surface area contributed by atoms with Crippen LogP contribution in [-0.2, 0) is 11.3 Å². The number of nitrogens with zero attached hydrogens (tertiary/aromatic N) is 1. The molecule has 0 unspecified atom stereocenters. The van der Waals surface area contributed by atoms with Crippen molar-refractivity contribution in [3.05, 3.63) is 29.6 Å². The minimum absolute atomic E-state index is 0.000361. The van der Waals surface area contributed by atoms with Crippen molar-refractivity contribution in [2.75, 3.05) is 13.7 Å². The van der Waals surface area contributed by atoms with E-state index < -0.39 is 0 Å². The van der Waals surface area contributed by atoms with Gasteiger partial charge in [-0.2, -0.15) is 0 Å². The standard InChI is InChI=1S/C12H20N2O/c1-10-5-6-11(7-13-10)8-14-12(2,3)9-15-4/h5-7,14H,8-9H2,1-4H3. The van der Waals surface area contributed by atoms with E-state index in [4.69, 9.17) is 4.74 Å². The summed E-state index contributed by atoms with van der Waals surface area (Å²) in [4.78, 5) is 4.25. The second-order valence-corrected chi connectivity index (χ2v) is 4.48. The predicted molar refractivity (Wildman–Crippen MR) is 61.8 cm³/mol. The lowest BCUT2D eigenvalue weighted by atomic mass is 10.1. The van der Waals surface area contributed by atoms with Gasteiger partial charge in [0.05, 0.1) is 6.61 Å². The van der Waals surface area contributed by atoms with Gasteiger partial charge in [-0.25, -0.2) is 0 Å². The van der Waals surface area contributed by atoms with Gasteiger partial charge in [0.2, 0.25) is 0 Å². The zero-order valence-electron chi connectivity index (χ0n) is 10.0. The van der Waals surface area contributed by atoms with Gasteiger partial charge < -0.3 is 10.1 Å². The molecule has 84 valence electrons. The summed E-state index contributed by atoms with van der Waals surface area (Å²) in [6.45, 7) is 7.76. The second-order valence-electron chi connectivity index (χ2n) is 4.48. The zero-order chi connectivity index (χ0) is 11.3. The van der Waals surface area contributed by atoms with Gasteiger partial charge in [-0.1, -0.05) is 6.07 Å². The summed E-state index contributed by atoms with van der Waals surface area (Å²) < 4.78 is 5.14. The highest BCUT2D eigenvalue weighted by molar-refractivity contribution is 5.13. The third-order valence-corrected chi connectivity index (χ3v) is 2.25. The van der Waals surface area contributed by atoms with Crippen LogP contribution in [0.3, 0.4) is 0 Å². The fourth-order valence-corrected chi connectivity index (χ4v) is 1.36. The molecular weight excluding hydrogens is 188 g/mol. The fourth-order valence-electron chi connectivity index (χ4n) is 1.36. The van der Waals surface area contributed by atoms with Crippen molar-refractivity contribution in [3.8, 4) is 0 Å². The molecule has 0 saturated carbocycles. The van der Waals surface area contributed by atoms with E-state index in [2.05, 4.69) is 30.2 Å². The molecule has 1 N–H and O–H groups in total. The molecule has 15 heavy (non-hydrogen) atoms. The van der Waals surface area contributed by atoms with Crippen molar-refractivity contribution in [2.45, 2.75) is 32.9 Å². The lowest BCUT2D eigenvalue weighted by Crippen LogP contribution is -2.42. The SMILES string of the molecule is COCC(C)(C)NCc1ccc(C)nc1. The summed E-state index contributed by atoms with van der Waals surface area (Å²) in [6, 6.07) is 4.12. The Bertz CT molecular complexity index is 293. The summed E-state index contributed by atoms with van der Waals surface area (Å²) in [5, 5.41) is 3.43. The van der Waals surface area contributed by atoms with Crippen molar-refractivity contribution in [3.63, 3.8) is 0 Å². The minimum atomic E-state index is -0.000361. The van der Waals surface area contributed by atoms with Crippen molar-refractivity contribution in [2.24, 2.45) is 0 Å². The van der Waals surface area contributed by atoms with Gasteiger partial charge in [0.25, 0.3) is 0 Å². The molecule has 0 radical (unpaired) electrons. The van der Waals surface area contributed by atoms with Crippen molar-refractivity contribution in [1.29, 1.82) is 0 Å². The fraction of sp³-hybridized carbons (Fsp3) is 0.583. The minimum Gasteiger partial charge on any atom is -0.383 e. The Morgan fingerprint density at radius 1 is 1.40 bits per heavy atom. The number of hydrogen-bond acceptors (Lipinski definition) is 3. The number of methoxy groups -OCH3 is 1. The van der Waals surface area contributed by atoms with Crippen LogP contribution < -0.4 is 5.32 Å². The van der Waals surface area contributed by atoms with Crippen molar-refractivity contribution in [1.82, 2.24) is 10.3 Å². The molecule has 0 fully saturated rings. The van der Waals surface area contributed by atoms with E-state index in [1.54, 1.807) is 7.11 Å². The molecule has 1 aromatic heterocycles. The smallest absolute Gasteiger partial charge is 0.0639 e. The highest BCUT2D eigenvalue weighted by Crippen LogP contribution is 2.05. The third kappa shape index (κ3) is 4.40. The first-order valence-corrected chi connectivity index (χ1v) is 5.19. The maximum atomic E-state index is 5.14. The van der Waals surface area contributed by atoms with Gasteiger partial charge in [-0.3, -0.25) is 4.98 Å². The molecule has 0 aliphatic rings. The van der Waals surface area contributed by atoms with Crippen molar-refractivity contribution < 1.29 is 4.74 Å².